The van der Waals surface area contributed by atoms with E-state index in [1.54, 1.807) is 0 Å². The van der Waals surface area contributed by atoms with Gasteiger partial charge in [0.2, 0.25) is 0 Å². The summed E-state index contributed by atoms with van der Waals surface area (Å²) in [6.45, 7) is 3.55. The first kappa shape index (κ1) is 12.7. The second kappa shape index (κ2) is 9.74. The van der Waals surface area contributed by atoms with Crippen LogP contribution in [0.1, 0.15) is 19.3 Å². The van der Waals surface area contributed by atoms with E-state index in [1.165, 1.54) is 43.3 Å². The molecule has 0 radical (unpaired) electrons. The van der Waals surface area contributed by atoms with Crippen LogP contribution < -0.4 is 5.32 Å². The van der Waals surface area contributed by atoms with Crippen molar-refractivity contribution in [2.75, 3.05) is 38.2 Å². The fourth-order valence-electron chi connectivity index (χ4n) is 0.990. The molecule has 0 fully saturated rings. The van der Waals surface area contributed by atoms with Gasteiger partial charge in [-0.15, -0.1) is 0 Å². The molecule has 1 N–H and O–H groups in total. The summed E-state index contributed by atoms with van der Waals surface area (Å²) in [5, 5.41) is 3.45. The molecule has 0 rings (SSSR count). The van der Waals surface area contributed by atoms with Gasteiger partial charge in [0.15, 0.2) is 0 Å². The molecule has 3 heteroatoms. The maximum atomic E-state index is 3.45. The van der Waals surface area contributed by atoms with Crippen LogP contribution in [0, 0.1) is 0 Å². The molecular formula is C9H21IN2. The van der Waals surface area contributed by atoms with Crippen LogP contribution in [0.15, 0.2) is 0 Å². The molecule has 0 aromatic rings. The third-order valence-corrected chi connectivity index (χ3v) is 2.46. The van der Waals surface area contributed by atoms with Crippen LogP contribution in [-0.2, 0) is 0 Å². The highest BCUT2D eigenvalue weighted by Gasteiger charge is 1.90. The molecule has 0 aliphatic heterocycles. The van der Waals surface area contributed by atoms with Gasteiger partial charge < -0.3 is 10.2 Å². The van der Waals surface area contributed by atoms with Crippen molar-refractivity contribution in [3.63, 3.8) is 0 Å². The Morgan fingerprint density at radius 2 is 1.75 bits per heavy atom. The van der Waals surface area contributed by atoms with Crippen molar-refractivity contribution < 1.29 is 0 Å². The number of nitrogens with zero attached hydrogens (tertiary/aromatic N) is 1. The quantitative estimate of drug-likeness (QED) is 0.415. The van der Waals surface area contributed by atoms with Crippen LogP contribution in [0.2, 0.25) is 0 Å². The molecular weight excluding hydrogens is 263 g/mol. The van der Waals surface area contributed by atoms with Gasteiger partial charge in [0.1, 0.15) is 0 Å². The van der Waals surface area contributed by atoms with E-state index in [-0.39, 0.29) is 0 Å². The van der Waals surface area contributed by atoms with Gasteiger partial charge in [-0.3, -0.25) is 0 Å². The molecule has 0 saturated heterocycles. The van der Waals surface area contributed by atoms with Gasteiger partial charge in [-0.1, -0.05) is 22.6 Å². The molecule has 0 amide bonds. The van der Waals surface area contributed by atoms with Crippen molar-refractivity contribution in [1.82, 2.24) is 10.2 Å². The lowest BCUT2D eigenvalue weighted by molar-refractivity contribution is 0.394. The number of hydrogen-bond donors (Lipinski definition) is 1. The van der Waals surface area contributed by atoms with E-state index < -0.39 is 0 Å². The Morgan fingerprint density at radius 1 is 1.08 bits per heavy atom. The van der Waals surface area contributed by atoms with Gasteiger partial charge in [-0.2, -0.15) is 0 Å². The summed E-state index contributed by atoms with van der Waals surface area (Å²) in [5.41, 5.74) is 0. The largest absolute Gasteiger partial charge is 0.317 e. The lowest BCUT2D eigenvalue weighted by atomic mass is 10.3. The van der Waals surface area contributed by atoms with E-state index in [1.807, 2.05) is 0 Å². The summed E-state index contributed by atoms with van der Waals surface area (Å²) >= 11 is 2.43. The minimum absolute atomic E-state index is 1.17. The number of halogens is 1. The zero-order chi connectivity index (χ0) is 9.23. The first-order valence-electron chi connectivity index (χ1n) is 4.69. The monoisotopic (exact) mass is 284 g/mol. The third-order valence-electron chi connectivity index (χ3n) is 1.70. The van der Waals surface area contributed by atoms with Crippen LogP contribution >= 0.6 is 22.6 Å². The standard InChI is InChI=1S/C9H21IN2/c1-12(2)9-5-8-11-7-4-3-6-10/h11H,3-9H2,1-2H3. The minimum atomic E-state index is 1.17. The number of hydrogen-bond acceptors (Lipinski definition) is 2. The molecule has 0 saturated carbocycles. The van der Waals surface area contributed by atoms with Crippen LogP contribution in [0.5, 0.6) is 0 Å². The average Bonchev–Trinajstić information content (AvgIpc) is 2.02. The summed E-state index contributed by atoms with van der Waals surface area (Å²) in [4.78, 5) is 2.23. The van der Waals surface area contributed by atoms with Gasteiger partial charge in [0, 0.05) is 0 Å². The summed E-state index contributed by atoms with van der Waals surface area (Å²) in [5.74, 6) is 0. The maximum Gasteiger partial charge on any atom is -0.000426 e. The van der Waals surface area contributed by atoms with E-state index >= 15 is 0 Å². The van der Waals surface area contributed by atoms with Crippen molar-refractivity contribution in [3.8, 4) is 0 Å². The molecule has 0 heterocycles. The number of nitrogens with one attached hydrogen (secondary N) is 1. The van der Waals surface area contributed by atoms with Crippen LogP contribution in [0.4, 0.5) is 0 Å². The number of rotatable bonds is 8. The molecule has 0 spiro atoms. The maximum absolute atomic E-state index is 3.45. The van der Waals surface area contributed by atoms with Crippen molar-refractivity contribution in [2.45, 2.75) is 19.3 Å². The second-order valence-electron chi connectivity index (χ2n) is 3.30. The molecule has 0 aliphatic rings. The topological polar surface area (TPSA) is 15.3 Å². The highest BCUT2D eigenvalue weighted by atomic mass is 127. The molecule has 2 nitrogen and oxygen atoms in total. The van der Waals surface area contributed by atoms with E-state index in [0.29, 0.717) is 0 Å². The molecule has 0 aliphatic carbocycles. The van der Waals surface area contributed by atoms with E-state index in [0.717, 1.165) is 0 Å². The zero-order valence-electron chi connectivity index (χ0n) is 8.27. The van der Waals surface area contributed by atoms with Gasteiger partial charge in [-0.25, -0.2) is 0 Å². The minimum Gasteiger partial charge on any atom is -0.317 e. The van der Waals surface area contributed by atoms with Gasteiger partial charge in [0.25, 0.3) is 0 Å². The number of alkyl halides is 1. The average molecular weight is 284 g/mol. The van der Waals surface area contributed by atoms with Crippen molar-refractivity contribution in [3.05, 3.63) is 0 Å². The van der Waals surface area contributed by atoms with Gasteiger partial charge in [-0.05, 0) is 57.4 Å². The van der Waals surface area contributed by atoms with Gasteiger partial charge >= 0.3 is 0 Å². The summed E-state index contributed by atoms with van der Waals surface area (Å²) < 4.78 is 1.29. The Labute approximate surface area is 90.2 Å². The van der Waals surface area contributed by atoms with E-state index in [2.05, 4.69) is 46.9 Å². The van der Waals surface area contributed by atoms with Crippen LogP contribution in [0.25, 0.3) is 0 Å². The lowest BCUT2D eigenvalue weighted by Gasteiger charge is -2.09. The molecule has 0 unspecified atom stereocenters. The van der Waals surface area contributed by atoms with Crippen molar-refractivity contribution in [1.29, 1.82) is 0 Å². The fourth-order valence-corrected chi connectivity index (χ4v) is 1.53. The Morgan fingerprint density at radius 3 is 2.33 bits per heavy atom. The Kier molecular flexibility index (Phi) is 10.3. The lowest BCUT2D eigenvalue weighted by Crippen LogP contribution is -2.22. The van der Waals surface area contributed by atoms with Crippen molar-refractivity contribution >= 4 is 22.6 Å². The van der Waals surface area contributed by atoms with E-state index in [4.69, 9.17) is 0 Å². The first-order valence-corrected chi connectivity index (χ1v) is 6.21. The highest BCUT2D eigenvalue weighted by Crippen LogP contribution is 1.92. The van der Waals surface area contributed by atoms with Crippen LogP contribution in [-0.4, -0.2) is 43.1 Å². The van der Waals surface area contributed by atoms with Crippen molar-refractivity contribution in [2.24, 2.45) is 0 Å². The molecule has 0 atom stereocenters. The Balaban J connectivity index is 2.82. The predicted molar refractivity (Wildman–Crippen MR) is 64.2 cm³/mol. The highest BCUT2D eigenvalue weighted by molar-refractivity contribution is 14.1. The van der Waals surface area contributed by atoms with Crippen LogP contribution in [0.3, 0.4) is 0 Å². The SMILES string of the molecule is CN(C)CCCNCCCCI. The smallest absolute Gasteiger partial charge is 0.000426 e. The van der Waals surface area contributed by atoms with E-state index in [9.17, 15) is 0 Å². The predicted octanol–water partition coefficient (Wildman–Crippen LogP) is 1.74. The van der Waals surface area contributed by atoms with Gasteiger partial charge in [0.05, 0.1) is 0 Å². The normalized spacial score (nSPS) is 11.0. The summed E-state index contributed by atoms with van der Waals surface area (Å²) in [7, 11) is 4.24. The molecule has 74 valence electrons. The first-order chi connectivity index (χ1) is 5.77. The molecule has 0 aromatic carbocycles. The zero-order valence-corrected chi connectivity index (χ0v) is 10.4. The summed E-state index contributed by atoms with van der Waals surface area (Å²) in [6.07, 6.45) is 3.93. The number of unbranched alkanes of at least 4 members (excludes halogenated alkanes) is 1. The molecule has 0 bridgehead atoms. The Hall–Kier alpha value is 0.650. The second-order valence-corrected chi connectivity index (χ2v) is 4.38. The third kappa shape index (κ3) is 10.7. The molecule has 0 aromatic heterocycles. The fraction of sp³-hybridized carbons (Fsp3) is 1.00. The summed E-state index contributed by atoms with van der Waals surface area (Å²) in [6, 6.07) is 0. The Bertz CT molecular complexity index is 86.6. The molecule has 12 heavy (non-hydrogen) atoms.